The van der Waals surface area contributed by atoms with Crippen LogP contribution >= 0.6 is 0 Å². The second-order valence-electron chi connectivity index (χ2n) is 5.05. The molecule has 0 saturated heterocycles. The minimum atomic E-state index is -3.25. The van der Waals surface area contributed by atoms with E-state index in [0.29, 0.717) is 11.5 Å². The lowest BCUT2D eigenvalue weighted by Gasteiger charge is -2.12. The molecule has 0 heterocycles. The lowest BCUT2D eigenvalue weighted by atomic mass is 10.0. The van der Waals surface area contributed by atoms with Crippen LogP contribution in [0.25, 0.3) is 0 Å². The van der Waals surface area contributed by atoms with Gasteiger partial charge in [0, 0.05) is 0 Å². The van der Waals surface area contributed by atoms with Gasteiger partial charge in [0.15, 0.2) is 9.84 Å². The van der Waals surface area contributed by atoms with Crippen molar-refractivity contribution in [2.75, 3.05) is 19.5 Å². The molecule has 1 aromatic rings. The third-order valence-corrected chi connectivity index (χ3v) is 5.36. The zero-order valence-corrected chi connectivity index (χ0v) is 12.1. The summed E-state index contributed by atoms with van der Waals surface area (Å²) in [7, 11) is -2.00. The van der Waals surface area contributed by atoms with Crippen molar-refractivity contribution in [3.05, 3.63) is 29.8 Å². The minimum absolute atomic E-state index is 0.187. The first kappa shape index (κ1) is 15.0. The van der Waals surface area contributed by atoms with E-state index in [1.165, 1.54) is 19.2 Å². The number of sulfone groups is 1. The highest BCUT2D eigenvalue weighted by atomic mass is 32.2. The van der Waals surface area contributed by atoms with Gasteiger partial charge >= 0.3 is 5.97 Å². The molecule has 1 aromatic carbocycles. The van der Waals surface area contributed by atoms with Crippen LogP contribution in [-0.2, 0) is 19.4 Å². The highest BCUT2D eigenvalue weighted by Crippen LogP contribution is 2.32. The van der Waals surface area contributed by atoms with Gasteiger partial charge in [-0.05, 0) is 36.5 Å². The van der Waals surface area contributed by atoms with Crippen molar-refractivity contribution in [3.8, 4) is 0 Å². The van der Waals surface area contributed by atoms with Gasteiger partial charge in [-0.15, -0.1) is 0 Å². The minimum Gasteiger partial charge on any atom is -0.468 e. The molecule has 0 spiro atoms. The summed E-state index contributed by atoms with van der Waals surface area (Å²) >= 11 is 0. The SMILES string of the molecule is COC(=O)C(CO)c1ccc(S(=O)(=O)CC2CC2)cc1. The second kappa shape index (κ2) is 5.93. The Bertz CT molecular complexity index is 572. The van der Waals surface area contributed by atoms with Gasteiger partial charge < -0.3 is 9.84 Å². The van der Waals surface area contributed by atoms with Crippen molar-refractivity contribution < 1.29 is 23.1 Å². The lowest BCUT2D eigenvalue weighted by molar-refractivity contribution is -0.143. The largest absolute Gasteiger partial charge is 0.468 e. The third-order valence-electron chi connectivity index (χ3n) is 3.46. The number of benzene rings is 1. The van der Waals surface area contributed by atoms with E-state index in [0.717, 1.165) is 12.8 Å². The smallest absolute Gasteiger partial charge is 0.315 e. The van der Waals surface area contributed by atoms with Crippen LogP contribution in [0.2, 0.25) is 0 Å². The van der Waals surface area contributed by atoms with Crippen LogP contribution in [0, 0.1) is 5.92 Å². The summed E-state index contributed by atoms with van der Waals surface area (Å²) in [5.74, 6) is -0.839. The summed E-state index contributed by atoms with van der Waals surface area (Å²) in [6.07, 6.45) is 1.96. The van der Waals surface area contributed by atoms with Crippen molar-refractivity contribution in [3.63, 3.8) is 0 Å². The Labute approximate surface area is 118 Å². The van der Waals surface area contributed by atoms with Gasteiger partial charge in [-0.3, -0.25) is 4.79 Å². The van der Waals surface area contributed by atoms with Gasteiger partial charge in [-0.1, -0.05) is 12.1 Å². The summed E-state index contributed by atoms with van der Waals surface area (Å²) < 4.78 is 28.8. The molecule has 0 amide bonds. The molecular weight excluding hydrogens is 280 g/mol. The molecule has 1 aliphatic rings. The van der Waals surface area contributed by atoms with Gasteiger partial charge in [-0.25, -0.2) is 8.42 Å². The number of aliphatic hydroxyl groups is 1. The van der Waals surface area contributed by atoms with Crippen molar-refractivity contribution in [1.29, 1.82) is 0 Å². The van der Waals surface area contributed by atoms with E-state index in [1.807, 2.05) is 0 Å². The molecule has 1 aliphatic carbocycles. The Morgan fingerprint density at radius 1 is 1.35 bits per heavy atom. The average molecular weight is 298 g/mol. The zero-order chi connectivity index (χ0) is 14.8. The quantitative estimate of drug-likeness (QED) is 0.796. The molecule has 6 heteroatoms. The normalized spacial score (nSPS) is 16.7. The van der Waals surface area contributed by atoms with Crippen molar-refractivity contribution in [2.24, 2.45) is 5.92 Å². The fraction of sp³-hybridized carbons (Fsp3) is 0.500. The predicted molar refractivity (Wildman–Crippen MR) is 73.1 cm³/mol. The molecular formula is C14H18O5S. The summed E-state index contributed by atoms with van der Waals surface area (Å²) in [6.45, 7) is -0.374. The van der Waals surface area contributed by atoms with Gasteiger partial charge in [0.1, 0.15) is 5.92 Å². The van der Waals surface area contributed by atoms with E-state index in [1.54, 1.807) is 12.1 Å². The number of hydrogen-bond acceptors (Lipinski definition) is 5. The molecule has 2 rings (SSSR count). The van der Waals surface area contributed by atoms with E-state index >= 15 is 0 Å². The highest BCUT2D eigenvalue weighted by molar-refractivity contribution is 7.91. The fourth-order valence-corrected chi connectivity index (χ4v) is 3.75. The number of hydrogen-bond donors (Lipinski definition) is 1. The summed E-state index contributed by atoms with van der Waals surface area (Å²) in [5.41, 5.74) is 0.546. The Hall–Kier alpha value is -1.40. The topological polar surface area (TPSA) is 80.7 Å². The number of ether oxygens (including phenoxy) is 1. The Morgan fingerprint density at radius 2 is 1.95 bits per heavy atom. The molecule has 1 saturated carbocycles. The first-order valence-corrected chi connectivity index (χ1v) is 8.14. The molecule has 0 aromatic heterocycles. The number of aliphatic hydroxyl groups excluding tert-OH is 1. The first-order chi connectivity index (χ1) is 9.47. The summed E-state index contributed by atoms with van der Waals surface area (Å²) in [6, 6.07) is 6.08. The third kappa shape index (κ3) is 3.37. The molecule has 20 heavy (non-hydrogen) atoms. The number of esters is 1. The van der Waals surface area contributed by atoms with Gasteiger partial charge in [-0.2, -0.15) is 0 Å². The van der Waals surface area contributed by atoms with Crippen LogP contribution in [0.4, 0.5) is 0 Å². The molecule has 0 aliphatic heterocycles. The molecule has 110 valence electrons. The van der Waals surface area contributed by atoms with E-state index in [9.17, 15) is 18.3 Å². The molecule has 5 nitrogen and oxygen atoms in total. The van der Waals surface area contributed by atoms with Crippen LogP contribution in [0.3, 0.4) is 0 Å². The highest BCUT2D eigenvalue weighted by Gasteiger charge is 2.29. The maximum atomic E-state index is 12.1. The standard InChI is InChI=1S/C14H18O5S/c1-19-14(16)13(8-15)11-4-6-12(7-5-11)20(17,18)9-10-2-3-10/h4-7,10,13,15H,2-3,8-9H2,1H3. The van der Waals surface area contributed by atoms with Crippen LogP contribution in [0.15, 0.2) is 29.2 Å². The summed E-state index contributed by atoms with van der Waals surface area (Å²) in [5, 5.41) is 9.22. The van der Waals surface area contributed by atoms with Crippen LogP contribution in [0.5, 0.6) is 0 Å². The molecule has 1 unspecified atom stereocenters. The monoisotopic (exact) mass is 298 g/mol. The van der Waals surface area contributed by atoms with Gasteiger partial charge in [0.25, 0.3) is 0 Å². The summed E-state index contributed by atoms with van der Waals surface area (Å²) in [4.78, 5) is 11.7. The second-order valence-corrected chi connectivity index (χ2v) is 7.09. The van der Waals surface area contributed by atoms with Crippen molar-refractivity contribution in [1.82, 2.24) is 0 Å². The predicted octanol–water partition coefficient (Wildman–Crippen LogP) is 1.12. The molecule has 1 N–H and O–H groups in total. The van der Waals surface area contributed by atoms with E-state index < -0.39 is 21.7 Å². The molecule has 1 fully saturated rings. The van der Waals surface area contributed by atoms with Crippen molar-refractivity contribution >= 4 is 15.8 Å². The van der Waals surface area contributed by atoms with Gasteiger partial charge in [0.05, 0.1) is 24.4 Å². The molecule has 1 atom stereocenters. The number of methoxy groups -OCH3 is 1. The van der Waals surface area contributed by atoms with Crippen LogP contribution < -0.4 is 0 Å². The van der Waals surface area contributed by atoms with E-state index in [-0.39, 0.29) is 17.3 Å². The maximum Gasteiger partial charge on any atom is 0.315 e. The van der Waals surface area contributed by atoms with E-state index in [4.69, 9.17) is 0 Å². The Morgan fingerprint density at radius 3 is 2.40 bits per heavy atom. The number of carbonyl (C=O) groups is 1. The van der Waals surface area contributed by atoms with Crippen molar-refractivity contribution in [2.45, 2.75) is 23.7 Å². The van der Waals surface area contributed by atoms with Gasteiger partial charge in [0.2, 0.25) is 0 Å². The Balaban J connectivity index is 2.18. The molecule has 0 bridgehead atoms. The number of carbonyl (C=O) groups excluding carboxylic acids is 1. The van der Waals surface area contributed by atoms with E-state index in [2.05, 4.69) is 4.74 Å². The average Bonchev–Trinajstić information content (AvgIpc) is 3.23. The zero-order valence-electron chi connectivity index (χ0n) is 11.3. The first-order valence-electron chi connectivity index (χ1n) is 6.49. The maximum absolute atomic E-state index is 12.1. The van der Waals surface area contributed by atoms with Crippen LogP contribution in [0.1, 0.15) is 24.3 Å². The number of rotatable bonds is 6. The molecule has 0 radical (unpaired) electrons. The lowest BCUT2D eigenvalue weighted by Crippen LogP contribution is -2.18. The van der Waals surface area contributed by atoms with Crippen LogP contribution in [-0.4, -0.2) is 39.0 Å². The Kier molecular flexibility index (Phi) is 4.45. The fourth-order valence-electron chi connectivity index (χ4n) is 2.06.